The summed E-state index contributed by atoms with van der Waals surface area (Å²) < 4.78 is 6.29. The molecule has 1 aromatic heterocycles. The monoisotopic (exact) mass is 533 g/mol. The average Bonchev–Trinajstić information content (AvgIpc) is 3.16. The van der Waals surface area contributed by atoms with Gasteiger partial charge in [0.1, 0.15) is 11.4 Å². The summed E-state index contributed by atoms with van der Waals surface area (Å²) in [6.45, 7) is 0. The van der Waals surface area contributed by atoms with Crippen LogP contribution in [-0.2, 0) is 0 Å². The molecule has 184 valence electrons. The highest BCUT2D eigenvalue weighted by molar-refractivity contribution is 6.42. The maximum absolute atomic E-state index is 11.1. The number of fused-ring (bicyclic) bond motifs is 1. The molecule has 0 aliphatic heterocycles. The predicted octanol–water partition coefficient (Wildman–Crippen LogP) is 8.49. The molecule has 10 heteroatoms. The minimum atomic E-state index is -1.44. The second-order valence-electron chi connectivity index (χ2n) is 7.89. The van der Waals surface area contributed by atoms with Crippen LogP contribution in [0.1, 0.15) is 0 Å². The number of rotatable bonds is 5. The molecule has 8 nitrogen and oxygen atoms in total. The van der Waals surface area contributed by atoms with E-state index in [9.17, 15) is 15.0 Å². The number of phenolic OH excluding ortho intramolecular Hbond substituents is 1. The van der Waals surface area contributed by atoms with Gasteiger partial charge in [0.15, 0.2) is 11.4 Å². The number of para-hydroxylation sites is 2. The molecule has 1 heterocycles. The summed E-state index contributed by atoms with van der Waals surface area (Å²) >= 11 is 12.3. The summed E-state index contributed by atoms with van der Waals surface area (Å²) in [5, 5.41) is 40.7. The van der Waals surface area contributed by atoms with Crippen LogP contribution in [0.15, 0.2) is 95.2 Å². The first-order valence-electron chi connectivity index (χ1n) is 10.9. The molecule has 0 saturated carbocycles. The Labute approximate surface area is 220 Å². The molecule has 0 radical (unpaired) electrons. The minimum absolute atomic E-state index is 0.108. The van der Waals surface area contributed by atoms with Gasteiger partial charge in [-0.1, -0.05) is 65.7 Å². The van der Waals surface area contributed by atoms with Crippen LogP contribution in [0.2, 0.25) is 10.0 Å². The van der Waals surface area contributed by atoms with E-state index in [0.29, 0.717) is 37.8 Å². The van der Waals surface area contributed by atoms with E-state index >= 15 is 0 Å². The Morgan fingerprint density at radius 2 is 1.62 bits per heavy atom. The van der Waals surface area contributed by atoms with Crippen LogP contribution >= 0.6 is 23.2 Å². The first kappa shape index (κ1) is 24.2. The van der Waals surface area contributed by atoms with Gasteiger partial charge in [-0.05, 0) is 48.0 Å². The highest BCUT2D eigenvalue weighted by Gasteiger charge is 2.19. The molecular weight excluding hydrogens is 517 g/mol. The number of azo groups is 1. The topological polar surface area (TPSA) is 117 Å². The standard InChI is InChI=1S/C27H17Cl2N3O5/c28-20-12-11-16(14-21(20)29)32-23-10-2-1-7-19(23)24(26(32)34)31-30-22-9-4-8-18(25(22)33)15-5-3-6-17(13-15)37-27(35)36/h1-14,33-34H,(H,35,36). The molecule has 0 aliphatic rings. The zero-order valence-corrected chi connectivity index (χ0v) is 20.4. The lowest BCUT2D eigenvalue weighted by atomic mass is 10.0. The molecule has 3 N–H and O–H groups in total. The number of hydrogen-bond acceptors (Lipinski definition) is 6. The molecule has 0 saturated heterocycles. The number of carboxylic acid groups (broad SMARTS) is 1. The van der Waals surface area contributed by atoms with Gasteiger partial charge in [-0.2, -0.15) is 0 Å². The van der Waals surface area contributed by atoms with Crippen molar-refractivity contribution < 1.29 is 24.9 Å². The van der Waals surface area contributed by atoms with E-state index < -0.39 is 6.16 Å². The van der Waals surface area contributed by atoms with Crippen molar-refractivity contribution in [3.8, 4) is 34.2 Å². The van der Waals surface area contributed by atoms with Crippen LogP contribution in [0.5, 0.6) is 17.4 Å². The fourth-order valence-corrected chi connectivity index (χ4v) is 4.26. The molecule has 37 heavy (non-hydrogen) atoms. The second kappa shape index (κ2) is 9.85. The van der Waals surface area contributed by atoms with Gasteiger partial charge in [0.25, 0.3) is 0 Å². The lowest BCUT2D eigenvalue weighted by Gasteiger charge is -2.08. The first-order chi connectivity index (χ1) is 17.8. The third kappa shape index (κ3) is 4.67. The minimum Gasteiger partial charge on any atom is -0.505 e. The van der Waals surface area contributed by atoms with E-state index in [1.54, 1.807) is 59.2 Å². The van der Waals surface area contributed by atoms with Crippen LogP contribution < -0.4 is 4.74 Å². The number of nitrogens with zero attached hydrogens (tertiary/aromatic N) is 3. The maximum atomic E-state index is 11.1. The van der Waals surface area contributed by atoms with Gasteiger partial charge in [-0.3, -0.25) is 4.57 Å². The fourth-order valence-electron chi connectivity index (χ4n) is 3.97. The number of hydrogen-bond donors (Lipinski definition) is 3. The largest absolute Gasteiger partial charge is 0.511 e. The van der Waals surface area contributed by atoms with Gasteiger partial charge >= 0.3 is 6.16 Å². The Kier molecular flexibility index (Phi) is 6.43. The predicted molar refractivity (Wildman–Crippen MR) is 141 cm³/mol. The number of carbonyl (C=O) groups is 1. The second-order valence-corrected chi connectivity index (χ2v) is 8.71. The van der Waals surface area contributed by atoms with E-state index in [4.69, 9.17) is 33.0 Å². The van der Waals surface area contributed by atoms with E-state index in [2.05, 4.69) is 10.2 Å². The summed E-state index contributed by atoms with van der Waals surface area (Å²) in [6, 6.07) is 23.4. The molecule has 0 fully saturated rings. The van der Waals surface area contributed by atoms with Crippen molar-refractivity contribution in [2.24, 2.45) is 10.2 Å². The molecule has 0 bridgehead atoms. The number of aromatic hydroxyl groups is 2. The third-order valence-electron chi connectivity index (χ3n) is 5.61. The molecule has 0 amide bonds. The SMILES string of the molecule is O=C(O)Oc1cccc(-c2cccc(N=Nc3c(O)n(-c4ccc(Cl)c(Cl)c4)c4ccccc34)c2O)c1. The van der Waals surface area contributed by atoms with Crippen molar-refractivity contribution in [2.45, 2.75) is 0 Å². The Hall–Kier alpha value is -4.53. The van der Waals surface area contributed by atoms with Gasteiger partial charge in [-0.15, -0.1) is 10.2 Å². The highest BCUT2D eigenvalue weighted by atomic mass is 35.5. The number of benzene rings is 4. The Morgan fingerprint density at radius 3 is 2.41 bits per heavy atom. The third-order valence-corrected chi connectivity index (χ3v) is 6.35. The number of ether oxygens (including phenoxy) is 1. The number of phenols is 1. The van der Waals surface area contributed by atoms with Crippen molar-refractivity contribution in [1.29, 1.82) is 0 Å². The van der Waals surface area contributed by atoms with E-state index in [0.717, 1.165) is 0 Å². The van der Waals surface area contributed by atoms with Crippen molar-refractivity contribution >= 4 is 51.6 Å². The first-order valence-corrected chi connectivity index (χ1v) is 11.6. The zero-order chi connectivity index (χ0) is 26.1. The normalized spacial score (nSPS) is 11.3. The average molecular weight is 534 g/mol. The summed E-state index contributed by atoms with van der Waals surface area (Å²) in [5.74, 6) is -0.236. The molecule has 5 aromatic rings. The zero-order valence-electron chi connectivity index (χ0n) is 18.8. The maximum Gasteiger partial charge on any atom is 0.511 e. The molecule has 5 rings (SSSR count). The van der Waals surface area contributed by atoms with Crippen LogP contribution in [0.25, 0.3) is 27.7 Å². The molecule has 0 unspecified atom stereocenters. The number of halogens is 2. The Bertz CT molecular complexity index is 1700. The quantitative estimate of drug-likeness (QED) is 0.119. The molecular formula is C27H17Cl2N3O5. The van der Waals surface area contributed by atoms with Gasteiger partial charge < -0.3 is 20.1 Å². The van der Waals surface area contributed by atoms with Crippen LogP contribution in [0.3, 0.4) is 0 Å². The van der Waals surface area contributed by atoms with Crippen molar-refractivity contribution in [2.75, 3.05) is 0 Å². The van der Waals surface area contributed by atoms with Crippen LogP contribution in [0.4, 0.5) is 16.2 Å². The van der Waals surface area contributed by atoms with Crippen LogP contribution in [-0.4, -0.2) is 26.0 Å². The Morgan fingerprint density at radius 1 is 0.838 bits per heavy atom. The lowest BCUT2D eigenvalue weighted by molar-refractivity contribution is 0.144. The smallest absolute Gasteiger partial charge is 0.505 e. The summed E-state index contributed by atoms with van der Waals surface area (Å²) in [7, 11) is 0. The highest BCUT2D eigenvalue weighted by Crippen LogP contribution is 2.44. The Balaban J connectivity index is 1.57. The van der Waals surface area contributed by atoms with Crippen molar-refractivity contribution in [1.82, 2.24) is 4.57 Å². The summed E-state index contributed by atoms with van der Waals surface area (Å²) in [5.41, 5.74) is 2.51. The van der Waals surface area contributed by atoms with E-state index in [-0.39, 0.29) is 28.8 Å². The van der Waals surface area contributed by atoms with E-state index in [1.807, 2.05) is 18.2 Å². The van der Waals surface area contributed by atoms with Crippen LogP contribution in [0, 0.1) is 0 Å². The van der Waals surface area contributed by atoms with Gasteiger partial charge in [-0.25, -0.2) is 4.79 Å². The van der Waals surface area contributed by atoms with Gasteiger partial charge in [0, 0.05) is 10.9 Å². The summed E-state index contributed by atoms with van der Waals surface area (Å²) in [4.78, 5) is 10.9. The molecule has 0 aliphatic carbocycles. The molecule has 0 spiro atoms. The lowest BCUT2D eigenvalue weighted by Crippen LogP contribution is -2.02. The molecule has 4 aromatic carbocycles. The molecule has 0 atom stereocenters. The van der Waals surface area contributed by atoms with Crippen molar-refractivity contribution in [3.63, 3.8) is 0 Å². The number of aromatic nitrogens is 1. The fraction of sp³-hybridized carbons (Fsp3) is 0. The van der Waals surface area contributed by atoms with E-state index in [1.165, 1.54) is 12.1 Å². The summed E-state index contributed by atoms with van der Waals surface area (Å²) in [6.07, 6.45) is -1.44. The van der Waals surface area contributed by atoms with Gasteiger partial charge in [0.05, 0.1) is 21.2 Å². The van der Waals surface area contributed by atoms with Gasteiger partial charge in [0.2, 0.25) is 5.88 Å². The van der Waals surface area contributed by atoms with Crippen molar-refractivity contribution in [3.05, 3.63) is 95.0 Å².